The van der Waals surface area contributed by atoms with Gasteiger partial charge in [-0.25, -0.2) is 5.48 Å². The maximum atomic E-state index is 12.3. The molecule has 1 heterocycles. The molecule has 0 spiro atoms. The first-order chi connectivity index (χ1) is 16.7. The third kappa shape index (κ3) is 7.65. The highest BCUT2D eigenvalue weighted by molar-refractivity contribution is 5.97. The van der Waals surface area contributed by atoms with E-state index < -0.39 is 24.0 Å². The number of carbonyl (C=O) groups excluding carboxylic acids is 3. The van der Waals surface area contributed by atoms with Gasteiger partial charge in [0.05, 0.1) is 6.10 Å². The molecule has 35 heavy (non-hydrogen) atoms. The number of carbonyl (C=O) groups is 3. The Morgan fingerprint density at radius 2 is 1.66 bits per heavy atom. The van der Waals surface area contributed by atoms with Crippen molar-refractivity contribution in [2.45, 2.75) is 45.0 Å². The zero-order valence-electron chi connectivity index (χ0n) is 19.7. The van der Waals surface area contributed by atoms with Gasteiger partial charge in [0.2, 0.25) is 5.91 Å². The molecule has 0 saturated carbocycles. The van der Waals surface area contributed by atoms with Crippen LogP contribution >= 0.6 is 0 Å². The number of rotatable bonds is 7. The fourth-order valence-electron chi connectivity index (χ4n) is 3.88. The Morgan fingerprint density at radius 3 is 2.20 bits per heavy atom. The van der Waals surface area contributed by atoms with Crippen LogP contribution in [0.1, 0.15) is 47.3 Å². The summed E-state index contributed by atoms with van der Waals surface area (Å²) in [5.41, 5.74) is 4.48. The van der Waals surface area contributed by atoms with Crippen molar-refractivity contribution in [1.82, 2.24) is 21.0 Å². The molecule has 1 aliphatic rings. The van der Waals surface area contributed by atoms with E-state index in [0.717, 1.165) is 31.6 Å². The lowest BCUT2D eigenvalue weighted by atomic mass is 10.1. The molecule has 0 aromatic heterocycles. The van der Waals surface area contributed by atoms with Gasteiger partial charge in [-0.2, -0.15) is 0 Å². The van der Waals surface area contributed by atoms with Crippen LogP contribution in [-0.4, -0.2) is 64.2 Å². The maximum Gasteiger partial charge on any atom is 0.268 e. The molecule has 1 fully saturated rings. The fraction of sp³-hybridized carbons (Fsp3) is 0.346. The van der Waals surface area contributed by atoms with Crippen LogP contribution < -0.4 is 16.1 Å². The number of hydrogen-bond acceptors (Lipinski definition) is 6. The molecule has 1 aliphatic heterocycles. The Morgan fingerprint density at radius 1 is 1.06 bits per heavy atom. The molecule has 3 amide bonds. The number of nitrogens with zero attached hydrogens (tertiary/aromatic N) is 1. The highest BCUT2D eigenvalue weighted by Crippen LogP contribution is 2.14. The van der Waals surface area contributed by atoms with Gasteiger partial charge in [0, 0.05) is 49.3 Å². The second-order valence-electron chi connectivity index (χ2n) is 8.61. The minimum Gasteiger partial charge on any atom is -0.391 e. The molecule has 2 aromatic rings. The minimum absolute atomic E-state index is 0.00902. The third-order valence-electron chi connectivity index (χ3n) is 5.70. The summed E-state index contributed by atoms with van der Waals surface area (Å²) >= 11 is 0. The predicted octanol–water partition coefficient (Wildman–Crippen LogP) is 0.781. The van der Waals surface area contributed by atoms with Gasteiger partial charge in [-0.15, -0.1) is 0 Å². The first kappa shape index (κ1) is 25.9. The Labute approximate surface area is 204 Å². The summed E-state index contributed by atoms with van der Waals surface area (Å²) in [4.78, 5) is 37.5. The molecule has 3 rings (SSSR count). The molecule has 9 heteroatoms. The number of hydroxylamine groups is 1. The Balaban J connectivity index is 1.55. The van der Waals surface area contributed by atoms with Crippen molar-refractivity contribution in [3.8, 4) is 11.8 Å². The summed E-state index contributed by atoms with van der Waals surface area (Å²) in [5, 5.41) is 23.7. The standard InChI is InChI=1S/C26H30N4O5/c1-17(31)24(26(34)29-35)28-25(33)22-11-9-20(10-12-22)4-3-19-5-7-21(8-6-19)15-30-14-13-23(16-30)27-18(2)32/h5-12,17,23-24,31,35H,13-16H2,1-2H3,(H,27,32)(H,28,33)(H,29,34)/t17-,23-,24+/m1/s1. The number of aliphatic hydroxyl groups is 1. The van der Waals surface area contributed by atoms with Crippen molar-refractivity contribution < 1.29 is 24.7 Å². The monoisotopic (exact) mass is 478 g/mol. The largest absolute Gasteiger partial charge is 0.391 e. The zero-order valence-corrected chi connectivity index (χ0v) is 19.7. The summed E-state index contributed by atoms with van der Waals surface area (Å²) in [7, 11) is 0. The highest BCUT2D eigenvalue weighted by atomic mass is 16.5. The summed E-state index contributed by atoms with van der Waals surface area (Å²) in [6, 6.07) is 13.5. The van der Waals surface area contributed by atoms with Gasteiger partial charge in [-0.3, -0.25) is 24.5 Å². The number of aliphatic hydroxyl groups excluding tert-OH is 1. The second-order valence-corrected chi connectivity index (χ2v) is 8.61. The average Bonchev–Trinajstić information content (AvgIpc) is 3.27. The number of likely N-dealkylation sites (tertiary alicyclic amines) is 1. The number of amides is 3. The molecule has 1 saturated heterocycles. The van der Waals surface area contributed by atoms with Crippen LogP contribution in [0.15, 0.2) is 48.5 Å². The van der Waals surface area contributed by atoms with Crippen molar-refractivity contribution in [3.63, 3.8) is 0 Å². The molecule has 184 valence electrons. The summed E-state index contributed by atoms with van der Waals surface area (Å²) in [6.07, 6.45) is -0.221. The first-order valence-corrected chi connectivity index (χ1v) is 11.4. The lowest BCUT2D eigenvalue weighted by Gasteiger charge is -2.19. The van der Waals surface area contributed by atoms with Crippen LogP contribution in [0.4, 0.5) is 0 Å². The molecular weight excluding hydrogens is 448 g/mol. The van der Waals surface area contributed by atoms with Crippen molar-refractivity contribution in [1.29, 1.82) is 0 Å². The molecule has 3 atom stereocenters. The van der Waals surface area contributed by atoms with Crippen LogP contribution in [-0.2, 0) is 16.1 Å². The fourth-order valence-corrected chi connectivity index (χ4v) is 3.88. The van der Waals surface area contributed by atoms with Crippen LogP contribution in [0.2, 0.25) is 0 Å². The Kier molecular flexibility index (Phi) is 8.98. The smallest absolute Gasteiger partial charge is 0.268 e. The van der Waals surface area contributed by atoms with E-state index in [4.69, 9.17) is 5.21 Å². The van der Waals surface area contributed by atoms with Gasteiger partial charge in [0.1, 0.15) is 6.04 Å². The van der Waals surface area contributed by atoms with Crippen LogP contribution in [0, 0.1) is 11.8 Å². The predicted molar refractivity (Wildman–Crippen MR) is 129 cm³/mol. The number of hydrogen-bond donors (Lipinski definition) is 5. The average molecular weight is 479 g/mol. The van der Waals surface area contributed by atoms with Crippen LogP contribution in [0.25, 0.3) is 0 Å². The number of nitrogens with one attached hydrogen (secondary N) is 3. The van der Waals surface area contributed by atoms with Crippen LogP contribution in [0.5, 0.6) is 0 Å². The lowest BCUT2D eigenvalue weighted by Crippen LogP contribution is -2.51. The van der Waals surface area contributed by atoms with E-state index in [1.807, 2.05) is 24.3 Å². The molecule has 2 aromatic carbocycles. The van der Waals surface area contributed by atoms with E-state index in [0.29, 0.717) is 11.1 Å². The molecule has 0 bridgehead atoms. The topological polar surface area (TPSA) is 131 Å². The van der Waals surface area contributed by atoms with E-state index in [2.05, 4.69) is 27.4 Å². The van der Waals surface area contributed by atoms with E-state index in [9.17, 15) is 19.5 Å². The van der Waals surface area contributed by atoms with Gasteiger partial charge < -0.3 is 15.7 Å². The van der Waals surface area contributed by atoms with Gasteiger partial charge >= 0.3 is 0 Å². The number of benzene rings is 2. The van der Waals surface area contributed by atoms with E-state index in [1.165, 1.54) is 18.0 Å². The van der Waals surface area contributed by atoms with E-state index in [-0.39, 0.29) is 11.9 Å². The van der Waals surface area contributed by atoms with Crippen molar-refractivity contribution >= 4 is 17.7 Å². The first-order valence-electron chi connectivity index (χ1n) is 11.4. The van der Waals surface area contributed by atoms with Crippen molar-refractivity contribution in [2.24, 2.45) is 0 Å². The van der Waals surface area contributed by atoms with Gasteiger partial charge in [-0.1, -0.05) is 24.0 Å². The molecule has 9 nitrogen and oxygen atoms in total. The summed E-state index contributed by atoms with van der Waals surface area (Å²) in [6.45, 7) is 5.51. The van der Waals surface area contributed by atoms with Gasteiger partial charge in [0.25, 0.3) is 11.8 Å². The molecule has 0 radical (unpaired) electrons. The van der Waals surface area contributed by atoms with E-state index in [1.54, 1.807) is 31.2 Å². The van der Waals surface area contributed by atoms with Gasteiger partial charge in [-0.05, 0) is 55.3 Å². The maximum absolute atomic E-state index is 12.3. The minimum atomic E-state index is -1.28. The Hall–Kier alpha value is -3.71. The molecule has 0 aliphatic carbocycles. The lowest BCUT2D eigenvalue weighted by molar-refractivity contribution is -0.133. The molecule has 0 unspecified atom stereocenters. The van der Waals surface area contributed by atoms with Gasteiger partial charge in [0.15, 0.2) is 0 Å². The quantitative estimate of drug-likeness (QED) is 0.227. The highest BCUT2D eigenvalue weighted by Gasteiger charge is 2.26. The van der Waals surface area contributed by atoms with Crippen molar-refractivity contribution in [2.75, 3.05) is 13.1 Å². The summed E-state index contributed by atoms with van der Waals surface area (Å²) in [5.74, 6) is 4.71. The zero-order chi connectivity index (χ0) is 25.4. The third-order valence-corrected chi connectivity index (χ3v) is 5.70. The van der Waals surface area contributed by atoms with Crippen molar-refractivity contribution in [3.05, 3.63) is 70.8 Å². The second kappa shape index (κ2) is 12.1. The Bertz CT molecular complexity index is 1100. The van der Waals surface area contributed by atoms with Crippen LogP contribution in [0.3, 0.4) is 0 Å². The normalized spacial score (nSPS) is 17.0. The summed E-state index contributed by atoms with van der Waals surface area (Å²) < 4.78 is 0. The molecular formula is C26H30N4O5. The SMILES string of the molecule is CC(=O)N[C@@H]1CCN(Cc2ccc(C#Cc3ccc(C(=O)N[C@H](C(=O)NO)[C@@H](C)O)cc3)cc2)C1. The van der Waals surface area contributed by atoms with E-state index >= 15 is 0 Å². The molecule has 5 N–H and O–H groups in total.